The molecule has 2 unspecified atom stereocenters. The molecule has 20 heavy (non-hydrogen) atoms. The second kappa shape index (κ2) is 9.99. The van der Waals surface area contributed by atoms with Crippen LogP contribution < -0.4 is 5.32 Å². The summed E-state index contributed by atoms with van der Waals surface area (Å²) in [5.41, 5.74) is 2.85. The number of nitrogens with one attached hydrogen (secondary N) is 1. The maximum absolute atomic E-state index is 3.53. The summed E-state index contributed by atoms with van der Waals surface area (Å²) in [4.78, 5) is 0. The van der Waals surface area contributed by atoms with Crippen molar-refractivity contribution >= 4 is 0 Å². The van der Waals surface area contributed by atoms with Crippen molar-refractivity contribution in [3.63, 3.8) is 0 Å². The largest absolute Gasteiger partial charge is 0.317 e. The van der Waals surface area contributed by atoms with Gasteiger partial charge in [-0.1, -0.05) is 69.4 Å². The lowest BCUT2D eigenvalue weighted by Gasteiger charge is -2.22. The molecule has 2 atom stereocenters. The third-order valence-corrected chi connectivity index (χ3v) is 4.43. The Kier molecular flexibility index (Phi) is 8.60. The van der Waals surface area contributed by atoms with Crippen molar-refractivity contribution in [1.29, 1.82) is 0 Å². The molecule has 0 radical (unpaired) electrons. The fourth-order valence-electron chi connectivity index (χ4n) is 2.97. The number of unbranched alkanes of at least 4 members (excludes halogenated alkanes) is 1. The van der Waals surface area contributed by atoms with Crippen LogP contribution in [0.4, 0.5) is 0 Å². The minimum absolute atomic E-state index is 0.664. The molecule has 0 amide bonds. The van der Waals surface area contributed by atoms with Gasteiger partial charge in [-0.25, -0.2) is 0 Å². The third kappa shape index (κ3) is 6.56. The Bertz CT molecular complexity index is 359. The number of hydrogen-bond acceptors (Lipinski definition) is 1. The van der Waals surface area contributed by atoms with E-state index in [0.717, 1.165) is 5.92 Å². The Balaban J connectivity index is 2.41. The highest BCUT2D eigenvalue weighted by molar-refractivity contribution is 5.22. The zero-order chi connectivity index (χ0) is 14.8. The van der Waals surface area contributed by atoms with Gasteiger partial charge in [-0.2, -0.15) is 0 Å². The summed E-state index contributed by atoms with van der Waals surface area (Å²) < 4.78 is 0. The van der Waals surface area contributed by atoms with Crippen LogP contribution in [0.25, 0.3) is 0 Å². The highest BCUT2D eigenvalue weighted by Crippen LogP contribution is 2.20. The van der Waals surface area contributed by atoms with Gasteiger partial charge < -0.3 is 5.32 Å². The molecule has 0 heterocycles. The predicted molar refractivity (Wildman–Crippen MR) is 90.3 cm³/mol. The molecule has 114 valence electrons. The second-order valence-corrected chi connectivity index (χ2v) is 6.17. The molecule has 0 spiro atoms. The number of hydrogen-bond donors (Lipinski definition) is 1. The van der Waals surface area contributed by atoms with Gasteiger partial charge in [0.1, 0.15) is 0 Å². The Morgan fingerprint density at radius 2 is 1.95 bits per heavy atom. The van der Waals surface area contributed by atoms with Crippen molar-refractivity contribution in [2.75, 3.05) is 7.05 Å². The molecule has 0 aliphatic carbocycles. The molecule has 0 bridgehead atoms. The van der Waals surface area contributed by atoms with E-state index in [9.17, 15) is 0 Å². The Morgan fingerprint density at radius 3 is 2.55 bits per heavy atom. The lowest BCUT2D eigenvalue weighted by molar-refractivity contribution is 0.349. The van der Waals surface area contributed by atoms with Crippen LogP contribution in [0.2, 0.25) is 0 Å². The van der Waals surface area contributed by atoms with Crippen molar-refractivity contribution in [2.24, 2.45) is 5.92 Å². The van der Waals surface area contributed by atoms with Crippen LogP contribution in [0.15, 0.2) is 24.3 Å². The highest BCUT2D eigenvalue weighted by atomic mass is 14.9. The average molecular weight is 275 g/mol. The van der Waals surface area contributed by atoms with E-state index < -0.39 is 0 Å². The van der Waals surface area contributed by atoms with Crippen molar-refractivity contribution in [1.82, 2.24) is 5.32 Å². The molecule has 0 fully saturated rings. The number of rotatable bonds is 10. The summed E-state index contributed by atoms with van der Waals surface area (Å²) in [7, 11) is 2.12. The van der Waals surface area contributed by atoms with Gasteiger partial charge in [-0.3, -0.25) is 0 Å². The summed E-state index contributed by atoms with van der Waals surface area (Å²) in [5.74, 6) is 0.893. The van der Waals surface area contributed by atoms with Crippen LogP contribution in [0, 0.1) is 12.8 Å². The first-order chi connectivity index (χ1) is 9.69. The number of benzene rings is 1. The normalized spacial score (nSPS) is 14.2. The monoisotopic (exact) mass is 275 g/mol. The second-order valence-electron chi connectivity index (χ2n) is 6.17. The lowest BCUT2D eigenvalue weighted by Crippen LogP contribution is -2.28. The van der Waals surface area contributed by atoms with Gasteiger partial charge in [0, 0.05) is 6.04 Å². The summed E-state index contributed by atoms with van der Waals surface area (Å²) in [6.45, 7) is 6.81. The molecule has 0 saturated carbocycles. The topological polar surface area (TPSA) is 12.0 Å². The third-order valence-electron chi connectivity index (χ3n) is 4.43. The molecule has 0 aliphatic heterocycles. The minimum atomic E-state index is 0.664. The van der Waals surface area contributed by atoms with Crippen molar-refractivity contribution in [3.05, 3.63) is 35.4 Å². The van der Waals surface area contributed by atoms with E-state index in [1.54, 1.807) is 0 Å². The SMILES string of the molecule is CCCCC(CC)CC(CCc1cccc(C)c1)NC. The van der Waals surface area contributed by atoms with E-state index >= 15 is 0 Å². The first kappa shape index (κ1) is 17.2. The van der Waals surface area contributed by atoms with E-state index in [1.165, 1.54) is 56.1 Å². The molecule has 0 saturated heterocycles. The molecule has 1 nitrogen and oxygen atoms in total. The quantitative estimate of drug-likeness (QED) is 0.625. The Morgan fingerprint density at radius 1 is 1.15 bits per heavy atom. The average Bonchev–Trinajstić information content (AvgIpc) is 2.47. The maximum Gasteiger partial charge on any atom is 0.00698 e. The molecular formula is C19H33N. The molecule has 1 rings (SSSR count). The Labute approximate surface area is 126 Å². The van der Waals surface area contributed by atoms with Gasteiger partial charge >= 0.3 is 0 Å². The van der Waals surface area contributed by atoms with E-state index in [-0.39, 0.29) is 0 Å². The Hall–Kier alpha value is -0.820. The first-order valence-electron chi connectivity index (χ1n) is 8.42. The number of aryl methyl sites for hydroxylation is 2. The van der Waals surface area contributed by atoms with Gasteiger partial charge in [0.2, 0.25) is 0 Å². The molecular weight excluding hydrogens is 242 g/mol. The van der Waals surface area contributed by atoms with Crippen molar-refractivity contribution in [2.45, 2.75) is 71.8 Å². The summed E-state index contributed by atoms with van der Waals surface area (Å²) in [6.07, 6.45) is 9.20. The van der Waals surface area contributed by atoms with Crippen molar-refractivity contribution in [3.8, 4) is 0 Å². The van der Waals surface area contributed by atoms with Crippen LogP contribution in [0.1, 0.15) is 63.5 Å². The molecule has 1 aromatic rings. The maximum atomic E-state index is 3.53. The van der Waals surface area contributed by atoms with E-state index in [0.29, 0.717) is 6.04 Å². The van der Waals surface area contributed by atoms with Crippen LogP contribution in [-0.4, -0.2) is 13.1 Å². The minimum Gasteiger partial charge on any atom is -0.317 e. The fourth-order valence-corrected chi connectivity index (χ4v) is 2.97. The first-order valence-corrected chi connectivity index (χ1v) is 8.42. The summed E-state index contributed by atoms with van der Waals surface area (Å²) in [5, 5.41) is 3.53. The van der Waals surface area contributed by atoms with Gasteiger partial charge in [0.15, 0.2) is 0 Å². The van der Waals surface area contributed by atoms with Gasteiger partial charge in [-0.05, 0) is 44.7 Å². The van der Waals surface area contributed by atoms with Gasteiger partial charge in [0.25, 0.3) is 0 Å². The van der Waals surface area contributed by atoms with Gasteiger partial charge in [-0.15, -0.1) is 0 Å². The highest BCUT2D eigenvalue weighted by Gasteiger charge is 2.13. The van der Waals surface area contributed by atoms with Crippen molar-refractivity contribution < 1.29 is 0 Å². The van der Waals surface area contributed by atoms with Crippen LogP contribution in [-0.2, 0) is 6.42 Å². The van der Waals surface area contributed by atoms with Crippen LogP contribution >= 0.6 is 0 Å². The zero-order valence-electron chi connectivity index (χ0n) is 13.9. The van der Waals surface area contributed by atoms with E-state index in [4.69, 9.17) is 0 Å². The molecule has 1 aromatic carbocycles. The molecule has 0 aromatic heterocycles. The van der Waals surface area contributed by atoms with E-state index in [2.05, 4.69) is 57.4 Å². The van der Waals surface area contributed by atoms with Crippen LogP contribution in [0.3, 0.4) is 0 Å². The smallest absolute Gasteiger partial charge is 0.00698 e. The molecule has 0 aliphatic rings. The molecule has 1 heteroatoms. The summed E-state index contributed by atoms with van der Waals surface area (Å²) >= 11 is 0. The van der Waals surface area contributed by atoms with Gasteiger partial charge in [0.05, 0.1) is 0 Å². The molecule has 1 N–H and O–H groups in total. The zero-order valence-corrected chi connectivity index (χ0v) is 13.9. The standard InChI is InChI=1S/C19H33N/c1-5-7-10-17(6-2)15-19(20-4)13-12-18-11-8-9-16(3)14-18/h8-9,11,14,17,19-20H,5-7,10,12-13,15H2,1-4H3. The lowest BCUT2D eigenvalue weighted by atomic mass is 9.89. The summed E-state index contributed by atoms with van der Waals surface area (Å²) in [6, 6.07) is 9.60. The predicted octanol–water partition coefficient (Wildman–Crippen LogP) is 5.12. The van der Waals surface area contributed by atoms with E-state index in [1.807, 2.05) is 0 Å². The van der Waals surface area contributed by atoms with Crippen LogP contribution in [0.5, 0.6) is 0 Å². The fraction of sp³-hybridized carbons (Fsp3) is 0.684.